The number of aryl methyl sites for hydroxylation is 1. The quantitative estimate of drug-likeness (QED) is 0.771. The van der Waals surface area contributed by atoms with E-state index in [1.807, 2.05) is 0 Å². The fraction of sp³-hybridized carbons (Fsp3) is 0.625. The Morgan fingerprint density at radius 3 is 2.91 bits per heavy atom. The van der Waals surface area contributed by atoms with Gasteiger partial charge in [-0.05, 0) is 28.8 Å². The first kappa shape index (κ1) is 8.78. The molecule has 0 saturated heterocycles. The Balaban J connectivity index is 2.32. The van der Waals surface area contributed by atoms with E-state index in [1.165, 1.54) is 25.0 Å². The van der Waals surface area contributed by atoms with E-state index < -0.39 is 0 Å². The van der Waals surface area contributed by atoms with Crippen LogP contribution in [0.1, 0.15) is 31.9 Å². The van der Waals surface area contributed by atoms with Gasteiger partial charge in [0.15, 0.2) is 0 Å². The van der Waals surface area contributed by atoms with E-state index in [-0.39, 0.29) is 0 Å². The molecule has 62 valence electrons. The Morgan fingerprint density at radius 1 is 1.55 bits per heavy atom. The highest BCUT2D eigenvalue weighted by Gasteiger charge is 1.99. The lowest BCUT2D eigenvalue weighted by molar-refractivity contribution is 0.708. The minimum Gasteiger partial charge on any atom is -0.348 e. The number of aromatic nitrogens is 2. The SMILES string of the molecule is CCCCCc1[nH]cnc1Br. The van der Waals surface area contributed by atoms with Gasteiger partial charge in [0.1, 0.15) is 4.60 Å². The van der Waals surface area contributed by atoms with Gasteiger partial charge in [-0.1, -0.05) is 19.8 Å². The molecule has 0 unspecified atom stereocenters. The normalized spacial score (nSPS) is 10.4. The molecule has 0 aliphatic heterocycles. The third-order valence-corrected chi connectivity index (χ3v) is 2.38. The molecule has 0 aliphatic rings. The van der Waals surface area contributed by atoms with E-state index in [1.54, 1.807) is 6.33 Å². The molecule has 11 heavy (non-hydrogen) atoms. The third-order valence-electron chi connectivity index (χ3n) is 1.70. The average Bonchev–Trinajstić information content (AvgIpc) is 2.37. The first-order valence-corrected chi connectivity index (χ1v) is 4.81. The number of hydrogen-bond donors (Lipinski definition) is 1. The Morgan fingerprint density at radius 2 is 2.36 bits per heavy atom. The Kier molecular flexibility index (Phi) is 3.63. The highest BCUT2D eigenvalue weighted by Crippen LogP contribution is 2.13. The predicted octanol–water partition coefficient (Wildman–Crippen LogP) is 2.90. The smallest absolute Gasteiger partial charge is 0.127 e. The Hall–Kier alpha value is -0.310. The second-order valence-electron chi connectivity index (χ2n) is 2.63. The molecular formula is C8H13BrN2. The second kappa shape index (κ2) is 4.54. The van der Waals surface area contributed by atoms with Crippen LogP contribution >= 0.6 is 15.9 Å². The number of H-pyrrole nitrogens is 1. The van der Waals surface area contributed by atoms with E-state index >= 15 is 0 Å². The lowest BCUT2D eigenvalue weighted by atomic mass is 10.2. The van der Waals surface area contributed by atoms with E-state index in [0.717, 1.165) is 11.0 Å². The Bertz CT molecular complexity index is 208. The maximum atomic E-state index is 4.06. The van der Waals surface area contributed by atoms with Crippen molar-refractivity contribution in [2.45, 2.75) is 32.6 Å². The van der Waals surface area contributed by atoms with Crippen molar-refractivity contribution < 1.29 is 0 Å². The number of hydrogen-bond acceptors (Lipinski definition) is 1. The molecule has 0 amide bonds. The van der Waals surface area contributed by atoms with Gasteiger partial charge in [-0.3, -0.25) is 0 Å². The molecule has 0 aromatic carbocycles. The van der Waals surface area contributed by atoms with Crippen LogP contribution in [0.3, 0.4) is 0 Å². The van der Waals surface area contributed by atoms with Gasteiger partial charge in [0, 0.05) is 5.69 Å². The molecule has 1 N–H and O–H groups in total. The molecule has 0 saturated carbocycles. The lowest BCUT2D eigenvalue weighted by Gasteiger charge is -1.95. The summed E-state index contributed by atoms with van der Waals surface area (Å²) in [5.74, 6) is 0. The fourth-order valence-corrected chi connectivity index (χ4v) is 1.45. The van der Waals surface area contributed by atoms with Crippen LogP contribution in [0.5, 0.6) is 0 Å². The van der Waals surface area contributed by atoms with Gasteiger partial charge in [-0.15, -0.1) is 0 Å². The van der Waals surface area contributed by atoms with Crippen LogP contribution in [0.15, 0.2) is 10.9 Å². The topological polar surface area (TPSA) is 28.7 Å². The van der Waals surface area contributed by atoms with Gasteiger partial charge in [-0.2, -0.15) is 0 Å². The van der Waals surface area contributed by atoms with Gasteiger partial charge >= 0.3 is 0 Å². The Labute approximate surface area is 75.6 Å². The van der Waals surface area contributed by atoms with Crippen molar-refractivity contribution in [2.75, 3.05) is 0 Å². The molecule has 0 aliphatic carbocycles. The fourth-order valence-electron chi connectivity index (χ4n) is 1.03. The van der Waals surface area contributed by atoms with E-state index in [9.17, 15) is 0 Å². The highest BCUT2D eigenvalue weighted by atomic mass is 79.9. The summed E-state index contributed by atoms with van der Waals surface area (Å²) >= 11 is 3.38. The molecule has 1 aromatic heterocycles. The maximum Gasteiger partial charge on any atom is 0.127 e. The van der Waals surface area contributed by atoms with Crippen LogP contribution in [0.4, 0.5) is 0 Å². The van der Waals surface area contributed by atoms with Crippen LogP contribution in [-0.4, -0.2) is 9.97 Å². The van der Waals surface area contributed by atoms with Crippen molar-refractivity contribution in [1.29, 1.82) is 0 Å². The zero-order valence-electron chi connectivity index (χ0n) is 6.73. The minimum absolute atomic E-state index is 0.966. The van der Waals surface area contributed by atoms with Crippen LogP contribution in [0.25, 0.3) is 0 Å². The summed E-state index contributed by atoms with van der Waals surface area (Å²) in [6.45, 7) is 2.21. The van der Waals surface area contributed by atoms with Gasteiger partial charge in [0.05, 0.1) is 6.33 Å². The summed E-state index contributed by atoms with van der Waals surface area (Å²) in [5.41, 5.74) is 1.22. The molecule has 0 atom stereocenters. The summed E-state index contributed by atoms with van der Waals surface area (Å²) in [6, 6.07) is 0. The number of halogens is 1. The molecule has 0 spiro atoms. The second-order valence-corrected chi connectivity index (χ2v) is 3.38. The molecule has 1 rings (SSSR count). The van der Waals surface area contributed by atoms with Gasteiger partial charge in [0.25, 0.3) is 0 Å². The van der Waals surface area contributed by atoms with Crippen molar-refractivity contribution in [1.82, 2.24) is 9.97 Å². The first-order valence-electron chi connectivity index (χ1n) is 4.02. The first-order chi connectivity index (χ1) is 5.34. The predicted molar refractivity (Wildman–Crippen MR) is 49.5 cm³/mol. The number of nitrogens with one attached hydrogen (secondary N) is 1. The molecular weight excluding hydrogens is 204 g/mol. The number of aromatic amines is 1. The largest absolute Gasteiger partial charge is 0.348 e. The van der Waals surface area contributed by atoms with E-state index in [0.29, 0.717) is 0 Å². The van der Waals surface area contributed by atoms with Gasteiger partial charge < -0.3 is 4.98 Å². The molecule has 2 nitrogen and oxygen atoms in total. The number of imidazole rings is 1. The van der Waals surface area contributed by atoms with Crippen molar-refractivity contribution in [3.05, 3.63) is 16.6 Å². The van der Waals surface area contributed by atoms with Crippen LogP contribution in [0.2, 0.25) is 0 Å². The zero-order chi connectivity index (χ0) is 8.10. The molecule has 3 heteroatoms. The zero-order valence-corrected chi connectivity index (χ0v) is 8.32. The van der Waals surface area contributed by atoms with Crippen molar-refractivity contribution in [3.8, 4) is 0 Å². The standard InChI is InChI=1S/C8H13BrN2/c1-2-3-4-5-7-8(9)11-6-10-7/h6H,2-5H2,1H3,(H,10,11). The maximum absolute atomic E-state index is 4.06. The van der Waals surface area contributed by atoms with Crippen LogP contribution < -0.4 is 0 Å². The van der Waals surface area contributed by atoms with E-state index in [2.05, 4.69) is 32.8 Å². The summed E-state index contributed by atoms with van der Waals surface area (Å²) < 4.78 is 0.966. The number of nitrogens with zero attached hydrogens (tertiary/aromatic N) is 1. The number of rotatable bonds is 4. The summed E-state index contributed by atoms with van der Waals surface area (Å²) in [7, 11) is 0. The molecule has 1 heterocycles. The third kappa shape index (κ3) is 2.66. The monoisotopic (exact) mass is 216 g/mol. The van der Waals surface area contributed by atoms with Crippen molar-refractivity contribution in [3.63, 3.8) is 0 Å². The van der Waals surface area contributed by atoms with Gasteiger partial charge in [0.2, 0.25) is 0 Å². The molecule has 1 aromatic rings. The molecule has 0 fully saturated rings. The highest BCUT2D eigenvalue weighted by molar-refractivity contribution is 9.10. The summed E-state index contributed by atoms with van der Waals surface area (Å²) in [6.07, 6.45) is 6.65. The van der Waals surface area contributed by atoms with Crippen LogP contribution in [-0.2, 0) is 6.42 Å². The number of unbranched alkanes of at least 4 members (excludes halogenated alkanes) is 2. The summed E-state index contributed by atoms with van der Waals surface area (Å²) in [4.78, 5) is 7.16. The molecule has 0 radical (unpaired) electrons. The van der Waals surface area contributed by atoms with E-state index in [4.69, 9.17) is 0 Å². The minimum atomic E-state index is 0.966. The molecule has 0 bridgehead atoms. The average molecular weight is 217 g/mol. The summed E-state index contributed by atoms with van der Waals surface area (Å²) in [5, 5.41) is 0. The van der Waals surface area contributed by atoms with Crippen molar-refractivity contribution >= 4 is 15.9 Å². The van der Waals surface area contributed by atoms with Crippen molar-refractivity contribution in [2.24, 2.45) is 0 Å². The lowest BCUT2D eigenvalue weighted by Crippen LogP contribution is -1.85. The van der Waals surface area contributed by atoms with Crippen LogP contribution in [0, 0.1) is 0 Å². The van der Waals surface area contributed by atoms with Gasteiger partial charge in [-0.25, -0.2) is 4.98 Å².